The summed E-state index contributed by atoms with van der Waals surface area (Å²) in [5.74, 6) is 1.81. The number of terminal acetylenes is 1. The van der Waals surface area contributed by atoms with Crippen molar-refractivity contribution in [1.29, 1.82) is 0 Å². The summed E-state index contributed by atoms with van der Waals surface area (Å²) >= 11 is 0. The second kappa shape index (κ2) is 11.3. The van der Waals surface area contributed by atoms with E-state index in [1.165, 1.54) is 29.8 Å². The zero-order valence-electron chi connectivity index (χ0n) is 27.3. The van der Waals surface area contributed by atoms with Crippen LogP contribution in [0.3, 0.4) is 0 Å². The van der Waals surface area contributed by atoms with Crippen molar-refractivity contribution >= 4 is 33.3 Å². The molecule has 0 amide bonds. The lowest BCUT2D eigenvalue weighted by Crippen LogP contribution is -2.59. The highest BCUT2D eigenvalue weighted by Gasteiger charge is 2.47. The first kappa shape index (κ1) is 30.8. The third-order valence-corrected chi connectivity index (χ3v) is 11.0. The van der Waals surface area contributed by atoms with E-state index in [4.69, 9.17) is 26.1 Å². The number of nitrogens with zero attached hydrogens (tertiary/aromatic N) is 5. The molecular weight excluding hydrogens is 612 g/mol. The summed E-state index contributed by atoms with van der Waals surface area (Å²) < 4.78 is 38.6. The predicted octanol–water partition coefficient (Wildman–Crippen LogP) is 5.75. The Labute approximate surface area is 278 Å². The number of fused-ring (bicyclic) bond motifs is 5. The van der Waals surface area contributed by atoms with Crippen molar-refractivity contribution in [2.75, 3.05) is 50.1 Å². The SMILES string of the molecule is C#Cc1c(F)ccc2cc(O)cc(-c3nc(NC)c4c(N5CC6CCC(CC)(C5)N6)nc(OC[C@@]56CCCN5CC(=C)C6)nc4c3F)c12. The van der Waals surface area contributed by atoms with Gasteiger partial charge in [0.1, 0.15) is 41.0 Å². The van der Waals surface area contributed by atoms with Crippen molar-refractivity contribution in [3.05, 3.63) is 53.6 Å². The number of piperazine rings is 1. The Kier molecular flexibility index (Phi) is 7.23. The summed E-state index contributed by atoms with van der Waals surface area (Å²) in [5.41, 5.74) is 0.950. The lowest BCUT2D eigenvalue weighted by molar-refractivity contribution is 0.108. The quantitative estimate of drug-likeness (QED) is 0.171. The van der Waals surface area contributed by atoms with Crippen LogP contribution in [0.4, 0.5) is 20.4 Å². The fraction of sp³-hybridized carbons (Fsp3) is 0.432. The number of anilines is 2. The number of phenols is 1. The van der Waals surface area contributed by atoms with E-state index in [1.807, 2.05) is 0 Å². The number of benzene rings is 2. The molecule has 48 heavy (non-hydrogen) atoms. The zero-order valence-corrected chi connectivity index (χ0v) is 27.3. The first-order valence-electron chi connectivity index (χ1n) is 16.7. The van der Waals surface area contributed by atoms with E-state index in [1.54, 1.807) is 7.05 Å². The van der Waals surface area contributed by atoms with Gasteiger partial charge >= 0.3 is 6.01 Å². The molecule has 2 bridgehead atoms. The van der Waals surface area contributed by atoms with Crippen molar-refractivity contribution in [2.24, 2.45) is 0 Å². The Morgan fingerprint density at radius 2 is 2.06 bits per heavy atom. The molecule has 4 saturated heterocycles. The van der Waals surface area contributed by atoms with Crippen LogP contribution in [0.15, 0.2) is 36.4 Å². The highest BCUT2D eigenvalue weighted by atomic mass is 19.1. The molecule has 3 atom stereocenters. The first-order chi connectivity index (χ1) is 23.2. The van der Waals surface area contributed by atoms with E-state index in [0.717, 1.165) is 51.6 Å². The van der Waals surface area contributed by atoms with Crippen LogP contribution in [-0.2, 0) is 0 Å². The van der Waals surface area contributed by atoms with E-state index < -0.39 is 11.6 Å². The van der Waals surface area contributed by atoms with Crippen LogP contribution >= 0.6 is 0 Å². The number of hydrogen-bond acceptors (Lipinski definition) is 9. The second-order valence-corrected chi connectivity index (χ2v) is 13.9. The Balaban J connectivity index is 1.33. The average molecular weight is 652 g/mol. The molecule has 2 aromatic heterocycles. The van der Waals surface area contributed by atoms with Crippen molar-refractivity contribution < 1.29 is 18.6 Å². The largest absolute Gasteiger partial charge is 0.508 e. The van der Waals surface area contributed by atoms with Gasteiger partial charge < -0.3 is 25.4 Å². The Bertz CT molecular complexity index is 2050. The van der Waals surface area contributed by atoms with Crippen LogP contribution in [0.5, 0.6) is 11.8 Å². The molecule has 4 aliphatic rings. The molecule has 8 rings (SSSR count). The molecular formula is C37H39F2N7O2. The van der Waals surface area contributed by atoms with Gasteiger partial charge in [0.05, 0.1) is 16.5 Å². The molecule has 2 aromatic carbocycles. The van der Waals surface area contributed by atoms with Crippen LogP contribution < -0.4 is 20.3 Å². The first-order valence-corrected chi connectivity index (χ1v) is 16.7. The smallest absolute Gasteiger partial charge is 0.319 e. The highest BCUT2D eigenvalue weighted by Crippen LogP contribution is 2.44. The summed E-state index contributed by atoms with van der Waals surface area (Å²) in [5, 5.41) is 18.8. The van der Waals surface area contributed by atoms with E-state index in [2.05, 4.69) is 39.9 Å². The highest BCUT2D eigenvalue weighted by molar-refractivity contribution is 6.05. The van der Waals surface area contributed by atoms with Crippen LogP contribution in [-0.4, -0.2) is 81.9 Å². The molecule has 6 heterocycles. The molecule has 0 radical (unpaired) electrons. The van der Waals surface area contributed by atoms with Gasteiger partial charge in [-0.25, -0.2) is 13.8 Å². The summed E-state index contributed by atoms with van der Waals surface area (Å²) in [6, 6.07) is 5.93. The number of aromatic hydroxyl groups is 1. The maximum Gasteiger partial charge on any atom is 0.319 e. The van der Waals surface area contributed by atoms with Crippen molar-refractivity contribution in [3.63, 3.8) is 0 Å². The third kappa shape index (κ3) is 4.76. The van der Waals surface area contributed by atoms with Crippen LogP contribution in [0, 0.1) is 24.0 Å². The monoisotopic (exact) mass is 651 g/mol. The number of halogens is 2. The van der Waals surface area contributed by atoms with Gasteiger partial charge in [-0.2, -0.15) is 9.97 Å². The molecule has 4 fully saturated rings. The van der Waals surface area contributed by atoms with Gasteiger partial charge in [0.2, 0.25) is 0 Å². The molecule has 0 saturated carbocycles. The Morgan fingerprint density at radius 1 is 1.21 bits per heavy atom. The third-order valence-electron chi connectivity index (χ3n) is 11.0. The summed E-state index contributed by atoms with van der Waals surface area (Å²) in [6.45, 7) is 10.0. The minimum Gasteiger partial charge on any atom is -0.508 e. The van der Waals surface area contributed by atoms with Gasteiger partial charge in [0, 0.05) is 49.2 Å². The number of pyridine rings is 1. The van der Waals surface area contributed by atoms with Gasteiger partial charge in [-0.05, 0) is 68.7 Å². The van der Waals surface area contributed by atoms with Gasteiger partial charge in [-0.15, -0.1) is 6.42 Å². The van der Waals surface area contributed by atoms with E-state index >= 15 is 4.39 Å². The molecule has 248 valence electrons. The van der Waals surface area contributed by atoms with Gasteiger partial charge in [0.25, 0.3) is 0 Å². The minimum absolute atomic E-state index is 0.0209. The maximum absolute atomic E-state index is 17.2. The summed E-state index contributed by atoms with van der Waals surface area (Å²) in [6.07, 6.45) is 11.7. The summed E-state index contributed by atoms with van der Waals surface area (Å²) in [4.78, 5) is 19.1. The lowest BCUT2D eigenvalue weighted by atomic mass is 9.93. The fourth-order valence-electron chi connectivity index (χ4n) is 8.72. The second-order valence-electron chi connectivity index (χ2n) is 13.9. The van der Waals surface area contributed by atoms with Crippen molar-refractivity contribution in [2.45, 2.75) is 62.6 Å². The standard InChI is InChI=1S/C37H39F2N7O2/c1-5-25-27(38)9-8-22-14-24(47)15-26(28(22)25)31-30(39)32-29(33(40-4)41-31)34(45-18-23-10-12-36(6-2,19-45)44-23)43-35(42-32)48-20-37-11-7-13-46(37)17-21(3)16-37/h1,8-9,14-15,23,44,47H,3,6-7,10-13,16-20H2,2,4H3,(H,40,41)/t23?,36?,37-/m0/s1. The predicted molar refractivity (Wildman–Crippen MR) is 184 cm³/mol. The van der Waals surface area contributed by atoms with Crippen LogP contribution in [0.2, 0.25) is 0 Å². The molecule has 0 spiro atoms. The number of nitrogens with one attached hydrogen (secondary N) is 2. The molecule has 2 unspecified atom stereocenters. The van der Waals surface area contributed by atoms with Crippen LogP contribution in [0.25, 0.3) is 32.9 Å². The normalized spacial score (nSPS) is 25.2. The Hall–Kier alpha value is -4.53. The number of rotatable bonds is 7. The van der Waals surface area contributed by atoms with E-state index in [0.29, 0.717) is 42.1 Å². The van der Waals surface area contributed by atoms with Gasteiger partial charge in [-0.3, -0.25) is 4.90 Å². The average Bonchev–Trinajstić information content (AvgIpc) is 3.72. The number of ether oxygens (including phenoxy) is 1. The molecule has 0 aliphatic carbocycles. The number of hydrogen-bond donors (Lipinski definition) is 3. The van der Waals surface area contributed by atoms with Crippen LogP contribution in [0.1, 0.15) is 51.0 Å². The molecule has 3 N–H and O–H groups in total. The Morgan fingerprint density at radius 3 is 2.85 bits per heavy atom. The number of phenolic OH excluding ortho intramolecular Hbond substituents is 1. The van der Waals surface area contributed by atoms with E-state index in [-0.39, 0.29) is 56.6 Å². The molecule has 4 aliphatic heterocycles. The van der Waals surface area contributed by atoms with Crippen molar-refractivity contribution in [3.8, 4) is 35.4 Å². The summed E-state index contributed by atoms with van der Waals surface area (Å²) in [7, 11) is 1.71. The topological polar surface area (TPSA) is 98.7 Å². The number of aromatic nitrogens is 3. The molecule has 4 aromatic rings. The van der Waals surface area contributed by atoms with Crippen molar-refractivity contribution in [1.82, 2.24) is 25.2 Å². The maximum atomic E-state index is 17.2. The van der Waals surface area contributed by atoms with E-state index in [9.17, 15) is 9.50 Å². The lowest BCUT2D eigenvalue weighted by Gasteiger charge is -2.42. The zero-order chi connectivity index (χ0) is 33.4. The molecule has 9 nitrogen and oxygen atoms in total. The van der Waals surface area contributed by atoms with Gasteiger partial charge in [0.15, 0.2) is 5.82 Å². The van der Waals surface area contributed by atoms with Gasteiger partial charge in [-0.1, -0.05) is 31.1 Å². The molecule has 11 heteroatoms. The fourth-order valence-corrected chi connectivity index (χ4v) is 8.72. The minimum atomic E-state index is -0.741.